The summed E-state index contributed by atoms with van der Waals surface area (Å²) in [4.78, 5) is 28.6. The summed E-state index contributed by atoms with van der Waals surface area (Å²) >= 11 is 6.05. The van der Waals surface area contributed by atoms with Crippen LogP contribution >= 0.6 is 11.6 Å². The second-order valence-corrected chi connectivity index (χ2v) is 10.9. The second-order valence-electron chi connectivity index (χ2n) is 8.51. The lowest BCUT2D eigenvalue weighted by Gasteiger charge is -2.33. The van der Waals surface area contributed by atoms with E-state index in [4.69, 9.17) is 11.6 Å². The summed E-state index contributed by atoms with van der Waals surface area (Å²) in [5.41, 5.74) is 2.08. The van der Waals surface area contributed by atoms with Crippen LogP contribution in [0.4, 0.5) is 0 Å². The number of carbonyl (C=O) groups excluding carboxylic acids is 2. The van der Waals surface area contributed by atoms with Crippen molar-refractivity contribution in [1.82, 2.24) is 14.5 Å². The topological polar surface area (TPSA) is 86.8 Å². The number of halogens is 1. The number of benzene rings is 3. The van der Waals surface area contributed by atoms with E-state index in [0.717, 1.165) is 21.7 Å². The van der Waals surface area contributed by atoms with Crippen LogP contribution in [0.15, 0.2) is 97.6 Å². The molecule has 7 nitrogen and oxygen atoms in total. The molecule has 0 aliphatic carbocycles. The van der Waals surface area contributed by atoms with Crippen molar-refractivity contribution in [2.24, 2.45) is 0 Å². The normalized spacial score (nSPS) is 12.1. The SMILES string of the molecule is C=CCNC(=O)C(c1ccccc1)N(Cc1ccc(Cl)cc1)C(=O)CN(Cc1ccccc1)S(C)(=O)=O. The molecular weight excluding hydrogens is 510 g/mol. The highest BCUT2D eigenvalue weighted by atomic mass is 35.5. The molecule has 194 valence electrons. The first-order valence-electron chi connectivity index (χ1n) is 11.7. The molecule has 0 aliphatic rings. The molecule has 0 heterocycles. The van der Waals surface area contributed by atoms with Gasteiger partial charge in [-0.1, -0.05) is 90.5 Å². The van der Waals surface area contributed by atoms with E-state index >= 15 is 0 Å². The minimum Gasteiger partial charge on any atom is -0.351 e. The van der Waals surface area contributed by atoms with Gasteiger partial charge >= 0.3 is 0 Å². The van der Waals surface area contributed by atoms with Gasteiger partial charge in [0.25, 0.3) is 0 Å². The maximum Gasteiger partial charge on any atom is 0.247 e. The minimum absolute atomic E-state index is 0.0266. The van der Waals surface area contributed by atoms with Crippen LogP contribution in [0, 0.1) is 0 Å². The highest BCUT2D eigenvalue weighted by Crippen LogP contribution is 2.25. The molecule has 0 saturated heterocycles. The molecule has 3 aromatic carbocycles. The Morgan fingerprint density at radius 2 is 1.49 bits per heavy atom. The van der Waals surface area contributed by atoms with Crippen molar-refractivity contribution in [3.05, 3.63) is 119 Å². The zero-order valence-corrected chi connectivity index (χ0v) is 22.2. The third kappa shape index (κ3) is 8.28. The van der Waals surface area contributed by atoms with Gasteiger partial charge in [-0.3, -0.25) is 9.59 Å². The van der Waals surface area contributed by atoms with Gasteiger partial charge in [0.2, 0.25) is 21.8 Å². The number of nitrogens with zero attached hydrogens (tertiary/aromatic N) is 2. The number of nitrogens with one attached hydrogen (secondary N) is 1. The quantitative estimate of drug-likeness (QED) is 0.350. The Kier molecular flexibility index (Phi) is 10.0. The van der Waals surface area contributed by atoms with Crippen LogP contribution in [0.25, 0.3) is 0 Å². The fourth-order valence-electron chi connectivity index (χ4n) is 3.81. The van der Waals surface area contributed by atoms with Crippen molar-refractivity contribution in [2.45, 2.75) is 19.1 Å². The van der Waals surface area contributed by atoms with E-state index < -0.39 is 34.4 Å². The van der Waals surface area contributed by atoms with Crippen LogP contribution in [-0.2, 0) is 32.7 Å². The van der Waals surface area contributed by atoms with Crippen LogP contribution in [0.5, 0.6) is 0 Å². The summed E-state index contributed by atoms with van der Waals surface area (Å²) in [6.07, 6.45) is 2.62. The number of sulfonamides is 1. The predicted octanol–water partition coefficient (Wildman–Crippen LogP) is 4.17. The zero-order valence-electron chi connectivity index (χ0n) is 20.6. The number of hydrogen-bond donors (Lipinski definition) is 1. The molecule has 1 N–H and O–H groups in total. The lowest BCUT2D eigenvalue weighted by molar-refractivity contribution is -0.141. The highest BCUT2D eigenvalue weighted by molar-refractivity contribution is 7.88. The van der Waals surface area contributed by atoms with E-state index in [2.05, 4.69) is 11.9 Å². The Morgan fingerprint density at radius 1 is 0.919 bits per heavy atom. The minimum atomic E-state index is -3.74. The fourth-order valence-corrected chi connectivity index (χ4v) is 4.66. The summed E-state index contributed by atoms with van der Waals surface area (Å²) in [5.74, 6) is -0.915. The number of carbonyl (C=O) groups is 2. The zero-order chi connectivity index (χ0) is 26.8. The highest BCUT2D eigenvalue weighted by Gasteiger charge is 2.33. The van der Waals surface area contributed by atoms with E-state index in [1.807, 2.05) is 12.1 Å². The second kappa shape index (κ2) is 13.2. The van der Waals surface area contributed by atoms with Crippen molar-refractivity contribution in [3.63, 3.8) is 0 Å². The standard InChI is InChI=1S/C28H30ClN3O4S/c1-3-18-30-28(34)27(24-12-8-5-9-13-24)32(20-23-14-16-25(29)17-15-23)26(33)21-31(37(2,35)36)19-22-10-6-4-7-11-22/h3-17,27H,1,18-21H2,2H3,(H,30,34). The summed E-state index contributed by atoms with van der Waals surface area (Å²) in [6, 6.07) is 23.9. The first-order chi connectivity index (χ1) is 17.7. The smallest absolute Gasteiger partial charge is 0.247 e. The largest absolute Gasteiger partial charge is 0.351 e. The monoisotopic (exact) mass is 539 g/mol. The van der Waals surface area contributed by atoms with Crippen molar-refractivity contribution in [1.29, 1.82) is 0 Å². The molecule has 0 aromatic heterocycles. The lowest BCUT2D eigenvalue weighted by Crippen LogP contribution is -2.47. The van der Waals surface area contributed by atoms with Crippen LogP contribution in [0.2, 0.25) is 5.02 Å². The van der Waals surface area contributed by atoms with Crippen LogP contribution < -0.4 is 5.32 Å². The Labute approximate surface area is 223 Å². The van der Waals surface area contributed by atoms with Gasteiger partial charge in [0.1, 0.15) is 6.04 Å². The Hall–Kier alpha value is -3.46. The Balaban J connectivity index is 2.01. The van der Waals surface area contributed by atoms with Gasteiger partial charge in [0, 0.05) is 24.7 Å². The summed E-state index contributed by atoms with van der Waals surface area (Å²) < 4.78 is 26.4. The average Bonchev–Trinajstić information content (AvgIpc) is 2.88. The maximum absolute atomic E-state index is 13.8. The van der Waals surface area contributed by atoms with Gasteiger partial charge < -0.3 is 10.2 Å². The average molecular weight is 540 g/mol. The van der Waals surface area contributed by atoms with E-state index in [1.54, 1.807) is 78.9 Å². The van der Waals surface area contributed by atoms with Crippen LogP contribution in [0.1, 0.15) is 22.7 Å². The molecule has 1 unspecified atom stereocenters. The van der Waals surface area contributed by atoms with Gasteiger partial charge in [-0.05, 0) is 28.8 Å². The predicted molar refractivity (Wildman–Crippen MR) is 146 cm³/mol. The molecular formula is C28H30ClN3O4S. The summed E-state index contributed by atoms with van der Waals surface area (Å²) in [6.45, 7) is 3.53. The van der Waals surface area contributed by atoms with E-state index in [9.17, 15) is 18.0 Å². The fraction of sp³-hybridized carbons (Fsp3) is 0.214. The van der Waals surface area contributed by atoms with E-state index in [1.165, 1.54) is 4.90 Å². The van der Waals surface area contributed by atoms with Gasteiger partial charge in [0.05, 0.1) is 12.8 Å². The summed E-state index contributed by atoms with van der Waals surface area (Å²) in [7, 11) is -3.74. The van der Waals surface area contributed by atoms with Crippen molar-refractivity contribution < 1.29 is 18.0 Å². The molecule has 0 spiro atoms. The molecule has 0 fully saturated rings. The molecule has 1 atom stereocenters. The molecule has 0 aliphatic heterocycles. The first kappa shape index (κ1) is 28.1. The molecule has 37 heavy (non-hydrogen) atoms. The third-order valence-corrected chi connectivity index (χ3v) is 7.11. The number of hydrogen-bond acceptors (Lipinski definition) is 4. The van der Waals surface area contributed by atoms with Crippen LogP contribution in [0.3, 0.4) is 0 Å². The maximum atomic E-state index is 13.8. The molecule has 3 aromatic rings. The van der Waals surface area contributed by atoms with Crippen LogP contribution in [-0.4, -0.2) is 48.8 Å². The molecule has 9 heteroatoms. The van der Waals surface area contributed by atoms with Crippen molar-refractivity contribution >= 4 is 33.4 Å². The molecule has 3 rings (SSSR count). The van der Waals surface area contributed by atoms with Crippen molar-refractivity contribution in [2.75, 3.05) is 19.3 Å². The van der Waals surface area contributed by atoms with Gasteiger partial charge in [-0.2, -0.15) is 4.31 Å². The van der Waals surface area contributed by atoms with Gasteiger partial charge in [-0.25, -0.2) is 8.42 Å². The Bertz CT molecular complexity index is 1300. The third-order valence-electron chi connectivity index (χ3n) is 5.66. The molecule has 0 radical (unpaired) electrons. The van der Waals surface area contributed by atoms with Gasteiger partial charge in [0.15, 0.2) is 0 Å². The molecule has 2 amide bonds. The number of amides is 2. The molecule has 0 bridgehead atoms. The Morgan fingerprint density at radius 3 is 2.05 bits per heavy atom. The van der Waals surface area contributed by atoms with E-state index in [-0.39, 0.29) is 19.6 Å². The van der Waals surface area contributed by atoms with Gasteiger partial charge in [-0.15, -0.1) is 6.58 Å². The first-order valence-corrected chi connectivity index (χ1v) is 13.9. The lowest BCUT2D eigenvalue weighted by atomic mass is 10.0. The summed E-state index contributed by atoms with van der Waals surface area (Å²) in [5, 5.41) is 3.32. The van der Waals surface area contributed by atoms with E-state index in [0.29, 0.717) is 10.6 Å². The molecule has 0 saturated carbocycles. The van der Waals surface area contributed by atoms with Crippen molar-refractivity contribution in [3.8, 4) is 0 Å². The number of rotatable bonds is 12.